The zero-order valence-electron chi connectivity index (χ0n) is 16.9. The number of benzene rings is 1. The topological polar surface area (TPSA) is 51.1 Å². The average molecular weight is 395 g/mol. The maximum Gasteiger partial charge on any atom is 0.278 e. The van der Waals surface area contributed by atoms with Gasteiger partial charge in [-0.1, -0.05) is 24.8 Å². The summed E-state index contributed by atoms with van der Waals surface area (Å²) in [6.45, 7) is 19.1. The number of rotatable bonds is 5. The number of hydrogen-bond donors (Lipinski definition) is 0. The van der Waals surface area contributed by atoms with E-state index in [4.69, 9.17) is 8.95 Å². The van der Waals surface area contributed by atoms with Crippen LogP contribution < -0.4 is 8.99 Å². The Morgan fingerprint density at radius 2 is 1.52 bits per heavy atom. The van der Waals surface area contributed by atoms with Crippen LogP contribution in [-0.2, 0) is 9.32 Å². The first-order chi connectivity index (χ1) is 11.2. The van der Waals surface area contributed by atoms with Crippen LogP contribution in [0.15, 0.2) is 23.4 Å². The second-order valence-electron chi connectivity index (χ2n) is 9.35. The minimum atomic E-state index is -1.92. The third-order valence-electron chi connectivity index (χ3n) is 3.38. The van der Waals surface area contributed by atoms with Gasteiger partial charge in [-0.3, -0.25) is 4.79 Å². The zero-order chi connectivity index (χ0) is 19.2. The maximum absolute atomic E-state index is 13.1. The first-order valence-corrected chi connectivity index (χ1v) is 18.9. The summed E-state index contributed by atoms with van der Waals surface area (Å²) in [7, 11) is -5.49. The lowest BCUT2D eigenvalue weighted by atomic mass is 10.1. The molecule has 0 saturated heterocycles. The van der Waals surface area contributed by atoms with Crippen molar-refractivity contribution >= 4 is 42.2 Å². The molecule has 1 aliphatic rings. The van der Waals surface area contributed by atoms with Crippen LogP contribution in [0.4, 0.5) is 5.69 Å². The molecule has 1 amide bonds. The number of fused-ring (bicyclic) bond motifs is 1. The largest absolute Gasteiger partial charge is 0.544 e. The number of carbonyl (C=O) groups excluding carboxylic acids is 1. The van der Waals surface area contributed by atoms with Gasteiger partial charge in [-0.2, -0.15) is 0 Å². The van der Waals surface area contributed by atoms with Gasteiger partial charge in [0.2, 0.25) is 8.32 Å². The van der Waals surface area contributed by atoms with Crippen molar-refractivity contribution in [2.45, 2.75) is 58.9 Å². The van der Waals surface area contributed by atoms with Crippen LogP contribution in [0.3, 0.4) is 0 Å². The molecular formula is C17H30N2O3Si3. The highest BCUT2D eigenvalue weighted by molar-refractivity contribution is 6.87. The Hall–Kier alpha value is -1.39. The van der Waals surface area contributed by atoms with Crippen molar-refractivity contribution in [2.24, 2.45) is 5.16 Å². The molecule has 1 heterocycles. The van der Waals surface area contributed by atoms with Crippen LogP contribution in [0.25, 0.3) is 0 Å². The molecule has 0 radical (unpaired) electrons. The van der Waals surface area contributed by atoms with Crippen LogP contribution in [0, 0.1) is 0 Å². The summed E-state index contributed by atoms with van der Waals surface area (Å²) in [4.78, 5) is 13.1. The summed E-state index contributed by atoms with van der Waals surface area (Å²) in [6.07, 6.45) is 0. The molecule has 0 saturated carbocycles. The molecule has 25 heavy (non-hydrogen) atoms. The van der Waals surface area contributed by atoms with E-state index < -0.39 is 24.9 Å². The van der Waals surface area contributed by atoms with E-state index in [0.29, 0.717) is 5.71 Å². The van der Waals surface area contributed by atoms with E-state index in [2.05, 4.69) is 64.1 Å². The quantitative estimate of drug-likeness (QED) is 0.540. The normalized spacial score (nSPS) is 17.1. The van der Waals surface area contributed by atoms with Crippen molar-refractivity contribution in [1.82, 2.24) is 0 Å². The highest BCUT2D eigenvalue weighted by atomic mass is 28.4. The SMILES string of the molecule is C[Si](C)(C)O/N=C1\C(=O)N([Si](C)(C)C)c2cc(O[Si](C)(C)C)ccc21. The van der Waals surface area contributed by atoms with E-state index in [-0.39, 0.29) is 5.91 Å². The number of carbonyl (C=O) groups is 1. The second-order valence-corrected chi connectivity index (χ2v) is 23.0. The number of amides is 1. The Balaban J connectivity index is 2.53. The fourth-order valence-corrected chi connectivity index (χ4v) is 5.40. The van der Waals surface area contributed by atoms with Crippen molar-refractivity contribution < 1.29 is 13.7 Å². The average Bonchev–Trinajstić information content (AvgIpc) is 2.64. The molecule has 0 atom stereocenters. The molecular weight excluding hydrogens is 364 g/mol. The predicted octanol–water partition coefficient (Wildman–Crippen LogP) is 4.64. The lowest BCUT2D eigenvalue weighted by Crippen LogP contribution is -2.49. The summed E-state index contributed by atoms with van der Waals surface area (Å²) in [6, 6.07) is 5.86. The molecule has 1 aromatic carbocycles. The van der Waals surface area contributed by atoms with Crippen molar-refractivity contribution in [3.8, 4) is 5.75 Å². The third kappa shape index (κ3) is 4.83. The van der Waals surface area contributed by atoms with Gasteiger partial charge < -0.3 is 13.5 Å². The van der Waals surface area contributed by atoms with E-state index >= 15 is 0 Å². The van der Waals surface area contributed by atoms with Crippen molar-refractivity contribution in [3.63, 3.8) is 0 Å². The van der Waals surface area contributed by atoms with E-state index in [9.17, 15) is 4.79 Å². The standard InChI is InChI=1S/C17H30N2O3Si3/c1-23(2,3)19-15-12-13(21-24(4,5)6)10-11-14(15)16(17(19)20)18-22-25(7,8)9/h10-12H,1-9H3/b18-16-. The summed E-state index contributed by atoms with van der Waals surface area (Å²) < 4.78 is 13.7. The van der Waals surface area contributed by atoms with Crippen LogP contribution >= 0.6 is 0 Å². The molecule has 0 N–H and O–H groups in total. The number of oxime groups is 1. The Morgan fingerprint density at radius 1 is 0.920 bits per heavy atom. The Kier molecular flexibility index (Phi) is 5.10. The highest BCUT2D eigenvalue weighted by Gasteiger charge is 2.42. The maximum atomic E-state index is 13.1. The molecule has 0 aromatic heterocycles. The van der Waals surface area contributed by atoms with E-state index in [1.807, 2.05) is 22.8 Å². The summed E-state index contributed by atoms with van der Waals surface area (Å²) in [5.41, 5.74) is 2.16. The minimum absolute atomic E-state index is 0.0578. The van der Waals surface area contributed by atoms with E-state index in [0.717, 1.165) is 17.0 Å². The molecule has 0 bridgehead atoms. The van der Waals surface area contributed by atoms with Crippen LogP contribution in [-0.4, -0.2) is 36.5 Å². The second kappa shape index (κ2) is 6.40. The van der Waals surface area contributed by atoms with Gasteiger partial charge in [0.05, 0.1) is 0 Å². The van der Waals surface area contributed by atoms with Gasteiger partial charge in [0.1, 0.15) is 5.75 Å². The van der Waals surface area contributed by atoms with E-state index in [1.165, 1.54) is 0 Å². The van der Waals surface area contributed by atoms with Gasteiger partial charge in [0.15, 0.2) is 13.9 Å². The van der Waals surface area contributed by atoms with Gasteiger partial charge in [-0.25, -0.2) is 0 Å². The van der Waals surface area contributed by atoms with E-state index in [1.54, 1.807) is 0 Å². The van der Waals surface area contributed by atoms with Crippen molar-refractivity contribution in [1.29, 1.82) is 0 Å². The number of nitrogens with zero attached hydrogens (tertiary/aromatic N) is 2. The first-order valence-electron chi connectivity index (χ1n) is 8.63. The molecule has 5 nitrogen and oxygen atoms in total. The van der Waals surface area contributed by atoms with Gasteiger partial charge in [-0.15, -0.1) is 0 Å². The van der Waals surface area contributed by atoms with Crippen molar-refractivity contribution in [2.75, 3.05) is 4.57 Å². The Morgan fingerprint density at radius 3 is 2.00 bits per heavy atom. The first kappa shape index (κ1) is 19.9. The smallest absolute Gasteiger partial charge is 0.278 e. The Bertz CT molecular complexity index is 713. The summed E-state index contributed by atoms with van der Waals surface area (Å²) in [5.74, 6) is 0.763. The predicted molar refractivity (Wildman–Crippen MR) is 112 cm³/mol. The lowest BCUT2D eigenvalue weighted by molar-refractivity contribution is -0.111. The van der Waals surface area contributed by atoms with Gasteiger partial charge in [0, 0.05) is 17.3 Å². The Labute approximate surface area is 154 Å². The summed E-state index contributed by atoms with van der Waals surface area (Å²) >= 11 is 0. The zero-order valence-corrected chi connectivity index (χ0v) is 19.9. The van der Waals surface area contributed by atoms with Gasteiger partial charge >= 0.3 is 0 Å². The van der Waals surface area contributed by atoms with Crippen LogP contribution in [0.5, 0.6) is 5.75 Å². The molecule has 0 unspecified atom stereocenters. The van der Waals surface area contributed by atoms with Gasteiger partial charge in [0.25, 0.3) is 14.2 Å². The van der Waals surface area contributed by atoms with Crippen LogP contribution in [0.2, 0.25) is 58.9 Å². The molecule has 1 aliphatic heterocycles. The molecule has 0 fully saturated rings. The fraction of sp³-hybridized carbons (Fsp3) is 0.529. The minimum Gasteiger partial charge on any atom is -0.544 e. The fourth-order valence-electron chi connectivity index (χ4n) is 2.58. The number of hydrogen-bond acceptors (Lipinski definition) is 4. The van der Waals surface area contributed by atoms with Crippen molar-refractivity contribution in [3.05, 3.63) is 23.8 Å². The number of anilines is 1. The molecule has 0 aliphatic carbocycles. The third-order valence-corrected chi connectivity index (χ3v) is 6.65. The summed E-state index contributed by atoms with van der Waals surface area (Å²) in [5, 5.41) is 4.26. The molecule has 8 heteroatoms. The van der Waals surface area contributed by atoms with Gasteiger partial charge in [-0.05, 0) is 51.4 Å². The molecule has 1 aromatic rings. The van der Waals surface area contributed by atoms with Crippen LogP contribution in [0.1, 0.15) is 5.56 Å². The molecule has 2 rings (SSSR count). The lowest BCUT2D eigenvalue weighted by Gasteiger charge is -2.30. The molecule has 0 spiro atoms. The highest BCUT2D eigenvalue weighted by Crippen LogP contribution is 2.37. The molecule has 138 valence electrons. The monoisotopic (exact) mass is 394 g/mol.